The van der Waals surface area contributed by atoms with Crippen LogP contribution in [-0.4, -0.2) is 37.2 Å². The normalized spacial score (nSPS) is 20.2. The highest BCUT2D eigenvalue weighted by Crippen LogP contribution is 2.21. The van der Waals surface area contributed by atoms with Crippen molar-refractivity contribution >= 4 is 11.3 Å². The largest absolute Gasteiger partial charge is 0.293 e. The number of hydrogen-bond donors (Lipinski definition) is 0. The summed E-state index contributed by atoms with van der Waals surface area (Å²) in [6.45, 7) is 7.04. The first kappa shape index (κ1) is 12.7. The molecule has 2 aromatic heterocycles. The fraction of sp³-hybridized carbons (Fsp3) is 0.615. The second-order valence-corrected chi connectivity index (χ2v) is 5.85. The molecule has 19 heavy (non-hydrogen) atoms. The van der Waals surface area contributed by atoms with Gasteiger partial charge in [-0.05, 0) is 33.2 Å². The van der Waals surface area contributed by atoms with Crippen LogP contribution < -0.4 is 0 Å². The Morgan fingerprint density at radius 3 is 3.00 bits per heavy atom. The summed E-state index contributed by atoms with van der Waals surface area (Å²) in [6, 6.07) is 0.557. The van der Waals surface area contributed by atoms with Crippen molar-refractivity contribution in [1.82, 2.24) is 24.6 Å². The van der Waals surface area contributed by atoms with Gasteiger partial charge < -0.3 is 0 Å². The molecule has 0 radical (unpaired) electrons. The summed E-state index contributed by atoms with van der Waals surface area (Å²) in [5, 5.41) is 6.61. The summed E-state index contributed by atoms with van der Waals surface area (Å²) >= 11 is 1.67. The maximum Gasteiger partial charge on any atom is 0.147 e. The quantitative estimate of drug-likeness (QED) is 0.858. The van der Waals surface area contributed by atoms with Crippen LogP contribution in [0.3, 0.4) is 0 Å². The Labute approximate surface area is 117 Å². The summed E-state index contributed by atoms with van der Waals surface area (Å²) < 4.78 is 2.04. The Morgan fingerprint density at radius 1 is 1.42 bits per heavy atom. The maximum atomic E-state index is 4.47. The fourth-order valence-electron chi connectivity index (χ4n) is 2.77. The molecule has 1 aliphatic heterocycles. The van der Waals surface area contributed by atoms with Crippen LogP contribution in [0.15, 0.2) is 10.9 Å². The van der Waals surface area contributed by atoms with E-state index < -0.39 is 0 Å². The molecule has 1 atom stereocenters. The first-order valence-corrected chi connectivity index (χ1v) is 7.66. The predicted octanol–water partition coefficient (Wildman–Crippen LogP) is 2.02. The van der Waals surface area contributed by atoms with Crippen molar-refractivity contribution in [2.75, 3.05) is 6.54 Å². The molecule has 3 heterocycles. The van der Waals surface area contributed by atoms with Crippen molar-refractivity contribution in [3.05, 3.63) is 28.2 Å². The third-order valence-electron chi connectivity index (χ3n) is 3.69. The molecule has 5 nitrogen and oxygen atoms in total. The van der Waals surface area contributed by atoms with Gasteiger partial charge in [-0.25, -0.2) is 14.6 Å². The van der Waals surface area contributed by atoms with Crippen molar-refractivity contribution in [3.8, 4) is 0 Å². The van der Waals surface area contributed by atoms with Gasteiger partial charge in [0, 0.05) is 18.0 Å². The van der Waals surface area contributed by atoms with E-state index >= 15 is 0 Å². The highest BCUT2D eigenvalue weighted by molar-refractivity contribution is 7.07. The van der Waals surface area contributed by atoms with E-state index in [-0.39, 0.29) is 0 Å². The number of rotatable bonds is 4. The number of aromatic nitrogens is 4. The predicted molar refractivity (Wildman–Crippen MR) is 75.0 cm³/mol. The van der Waals surface area contributed by atoms with Crippen LogP contribution in [0.1, 0.15) is 30.2 Å². The van der Waals surface area contributed by atoms with Crippen molar-refractivity contribution in [2.45, 2.75) is 45.8 Å². The van der Waals surface area contributed by atoms with Gasteiger partial charge in [0.05, 0.1) is 17.7 Å². The lowest BCUT2D eigenvalue weighted by molar-refractivity contribution is 0.216. The average molecular weight is 277 g/mol. The van der Waals surface area contributed by atoms with Crippen LogP contribution in [-0.2, 0) is 13.1 Å². The third-order valence-corrected chi connectivity index (χ3v) is 4.33. The lowest BCUT2D eigenvalue weighted by Gasteiger charge is -2.23. The molecule has 0 aromatic carbocycles. The van der Waals surface area contributed by atoms with Crippen molar-refractivity contribution in [2.24, 2.45) is 0 Å². The zero-order valence-electron chi connectivity index (χ0n) is 11.4. The monoisotopic (exact) mass is 277 g/mol. The summed E-state index contributed by atoms with van der Waals surface area (Å²) in [6.07, 6.45) is 2.50. The average Bonchev–Trinajstić information content (AvgIpc) is 3.06. The molecule has 1 aliphatic rings. The molecule has 6 heteroatoms. The number of nitrogens with zero attached hydrogens (tertiary/aromatic N) is 5. The second kappa shape index (κ2) is 5.38. The zero-order chi connectivity index (χ0) is 13.2. The first-order chi connectivity index (χ1) is 9.22. The number of aryl methyl sites for hydroxylation is 2. The van der Waals surface area contributed by atoms with E-state index in [2.05, 4.69) is 25.3 Å². The highest BCUT2D eigenvalue weighted by atomic mass is 32.1. The van der Waals surface area contributed by atoms with E-state index in [1.54, 1.807) is 11.3 Å². The molecule has 2 aromatic rings. The second-order valence-electron chi connectivity index (χ2n) is 5.13. The number of likely N-dealkylation sites (tertiary alicyclic amines) is 1. The molecule has 3 rings (SSSR count). The Balaban J connectivity index is 1.68. The minimum atomic E-state index is 0.557. The topological polar surface area (TPSA) is 46.8 Å². The molecule has 0 bridgehead atoms. The van der Waals surface area contributed by atoms with Crippen molar-refractivity contribution in [1.29, 1.82) is 0 Å². The zero-order valence-corrected chi connectivity index (χ0v) is 12.2. The van der Waals surface area contributed by atoms with Crippen LogP contribution in [0.4, 0.5) is 0 Å². The highest BCUT2D eigenvalue weighted by Gasteiger charge is 2.26. The van der Waals surface area contributed by atoms with Crippen LogP contribution in [0.2, 0.25) is 0 Å². The van der Waals surface area contributed by atoms with Gasteiger partial charge in [0.1, 0.15) is 11.6 Å². The van der Waals surface area contributed by atoms with Gasteiger partial charge in [-0.3, -0.25) is 4.90 Å². The van der Waals surface area contributed by atoms with E-state index in [4.69, 9.17) is 0 Å². The molecular formula is C13H19N5S. The molecule has 1 saturated heterocycles. The Kier molecular flexibility index (Phi) is 3.61. The first-order valence-electron chi connectivity index (χ1n) is 6.71. The van der Waals surface area contributed by atoms with Crippen LogP contribution in [0, 0.1) is 13.8 Å². The standard InChI is InChI=1S/C13H19N5S/c1-10-15-11(2)18(16-10)7-13-4-3-5-17(13)6-12-8-19-9-14-12/h8-9,13H,3-7H2,1-2H3/t13-/m1/s1. The van der Waals surface area contributed by atoms with Gasteiger partial charge >= 0.3 is 0 Å². The summed E-state index contributed by atoms with van der Waals surface area (Å²) in [5.41, 5.74) is 3.09. The summed E-state index contributed by atoms with van der Waals surface area (Å²) in [4.78, 5) is 11.3. The molecule has 0 spiro atoms. The van der Waals surface area contributed by atoms with Crippen molar-refractivity contribution in [3.63, 3.8) is 0 Å². The fourth-order valence-corrected chi connectivity index (χ4v) is 3.32. The maximum absolute atomic E-state index is 4.47. The van der Waals surface area contributed by atoms with Crippen molar-refractivity contribution < 1.29 is 0 Å². The number of hydrogen-bond acceptors (Lipinski definition) is 5. The molecular weight excluding hydrogens is 258 g/mol. The Morgan fingerprint density at radius 2 is 2.32 bits per heavy atom. The van der Waals surface area contributed by atoms with Gasteiger partial charge in [0.15, 0.2) is 0 Å². The van der Waals surface area contributed by atoms with E-state index in [1.807, 2.05) is 24.0 Å². The molecule has 0 N–H and O–H groups in total. The summed E-state index contributed by atoms with van der Waals surface area (Å²) in [5.74, 6) is 1.87. The van der Waals surface area contributed by atoms with E-state index in [9.17, 15) is 0 Å². The van der Waals surface area contributed by atoms with Gasteiger partial charge in [-0.2, -0.15) is 5.10 Å². The Hall–Kier alpha value is -1.27. The van der Waals surface area contributed by atoms with Crippen LogP contribution in [0.25, 0.3) is 0 Å². The van der Waals surface area contributed by atoms with Crippen LogP contribution in [0.5, 0.6) is 0 Å². The smallest absolute Gasteiger partial charge is 0.147 e. The molecule has 0 amide bonds. The summed E-state index contributed by atoms with van der Waals surface area (Å²) in [7, 11) is 0. The van der Waals surface area contributed by atoms with Gasteiger partial charge in [0.2, 0.25) is 0 Å². The van der Waals surface area contributed by atoms with E-state index in [1.165, 1.54) is 18.5 Å². The Bertz CT molecular complexity index is 533. The van der Waals surface area contributed by atoms with Gasteiger partial charge in [-0.1, -0.05) is 0 Å². The lowest BCUT2D eigenvalue weighted by Crippen LogP contribution is -2.33. The molecule has 102 valence electrons. The molecule has 1 fully saturated rings. The van der Waals surface area contributed by atoms with E-state index in [0.29, 0.717) is 6.04 Å². The number of thiazole rings is 1. The lowest BCUT2D eigenvalue weighted by atomic mass is 10.2. The minimum Gasteiger partial charge on any atom is -0.293 e. The SMILES string of the molecule is Cc1nc(C)n(C[C@H]2CCCN2Cc2cscn2)n1. The molecule has 0 saturated carbocycles. The molecule has 0 unspecified atom stereocenters. The molecule has 0 aliphatic carbocycles. The van der Waals surface area contributed by atoms with Gasteiger partial charge in [-0.15, -0.1) is 11.3 Å². The third kappa shape index (κ3) is 2.84. The van der Waals surface area contributed by atoms with Crippen LogP contribution >= 0.6 is 11.3 Å². The van der Waals surface area contributed by atoms with E-state index in [0.717, 1.165) is 31.3 Å². The minimum absolute atomic E-state index is 0.557. The van der Waals surface area contributed by atoms with Gasteiger partial charge in [0.25, 0.3) is 0 Å².